The van der Waals surface area contributed by atoms with E-state index in [0.717, 1.165) is 38.5 Å². The van der Waals surface area contributed by atoms with Gasteiger partial charge in [0.2, 0.25) is 5.91 Å². The lowest BCUT2D eigenvalue weighted by atomic mass is 10.1. The molecule has 29 heavy (non-hydrogen) atoms. The van der Waals surface area contributed by atoms with Gasteiger partial charge in [0.15, 0.2) is 5.85 Å². The van der Waals surface area contributed by atoms with E-state index in [1.165, 1.54) is 51.9 Å². The van der Waals surface area contributed by atoms with E-state index < -0.39 is 13.4 Å². The minimum absolute atomic E-state index is 0.0261. The van der Waals surface area contributed by atoms with Crippen LogP contribution >= 0.6 is 7.60 Å². The average Bonchev–Trinajstić information content (AvgIpc) is 2.67. The minimum Gasteiger partial charge on any atom is -0.381 e. The molecule has 3 N–H and O–H groups in total. The van der Waals surface area contributed by atoms with Gasteiger partial charge in [0.05, 0.1) is 12.6 Å². The highest BCUT2D eigenvalue weighted by Crippen LogP contribution is 2.46. The number of hydrogen-bond acceptors (Lipinski definition) is 4. The van der Waals surface area contributed by atoms with Crippen LogP contribution in [0.5, 0.6) is 0 Å². The topological polar surface area (TPSA) is 95.9 Å². The molecule has 7 heteroatoms. The third-order valence-corrected chi connectivity index (χ3v) is 6.67. The fourth-order valence-electron chi connectivity index (χ4n) is 3.22. The molecular weight excluding hydrogens is 389 g/mol. The van der Waals surface area contributed by atoms with Crippen molar-refractivity contribution in [2.24, 2.45) is 0 Å². The number of nitrogens with one attached hydrogen (secondary N) is 1. The largest absolute Gasteiger partial charge is 0.381 e. The maximum absolute atomic E-state index is 12.3. The summed E-state index contributed by atoms with van der Waals surface area (Å²) in [7, 11) is -4.05. The van der Waals surface area contributed by atoms with E-state index in [4.69, 9.17) is 4.52 Å². The zero-order valence-corrected chi connectivity index (χ0v) is 19.9. The van der Waals surface area contributed by atoms with Gasteiger partial charge in [-0.05, 0) is 19.8 Å². The van der Waals surface area contributed by atoms with E-state index in [2.05, 4.69) is 19.2 Å². The van der Waals surface area contributed by atoms with E-state index in [1.54, 1.807) is 0 Å². The maximum atomic E-state index is 12.3. The van der Waals surface area contributed by atoms with Crippen molar-refractivity contribution in [2.75, 3.05) is 6.61 Å². The van der Waals surface area contributed by atoms with Gasteiger partial charge in [-0.3, -0.25) is 9.36 Å². The molecule has 0 heterocycles. The molecule has 3 atom stereocenters. The van der Waals surface area contributed by atoms with Gasteiger partial charge in [-0.25, -0.2) is 0 Å². The predicted octanol–water partition coefficient (Wildman–Crippen LogP) is 5.90. The number of amides is 1. The van der Waals surface area contributed by atoms with Gasteiger partial charge < -0.3 is 19.8 Å². The van der Waals surface area contributed by atoms with Crippen LogP contribution in [0.1, 0.15) is 117 Å². The standard InChI is InChI=1S/C22H46NO5P/c1-4-6-8-10-11-12-13-14-16-18-22(25)23-21(17-15-9-7-5-2)19-28-29(26,27)20(3)24/h20-21,24H,4-19H2,1-3H3,(H,23,25)(H,26,27). The van der Waals surface area contributed by atoms with E-state index in [0.29, 0.717) is 12.8 Å². The van der Waals surface area contributed by atoms with Crippen molar-refractivity contribution in [3.63, 3.8) is 0 Å². The first-order chi connectivity index (χ1) is 13.8. The summed E-state index contributed by atoms with van der Waals surface area (Å²) in [5, 5.41) is 12.3. The van der Waals surface area contributed by atoms with Gasteiger partial charge in [-0.15, -0.1) is 0 Å². The quantitative estimate of drug-likeness (QED) is 0.163. The SMILES string of the molecule is CCCCCCCCCCCC(=O)NC(CCCCCC)COP(=O)(O)C(C)O. The molecule has 0 aromatic heterocycles. The van der Waals surface area contributed by atoms with E-state index in [9.17, 15) is 19.4 Å². The fourth-order valence-corrected chi connectivity index (χ4v) is 3.82. The van der Waals surface area contributed by atoms with Crippen molar-refractivity contribution >= 4 is 13.5 Å². The number of carbonyl (C=O) groups is 1. The first-order valence-electron chi connectivity index (χ1n) is 11.8. The third-order valence-electron chi connectivity index (χ3n) is 5.21. The van der Waals surface area contributed by atoms with Crippen LogP contribution in [-0.4, -0.2) is 34.4 Å². The predicted molar refractivity (Wildman–Crippen MR) is 120 cm³/mol. The van der Waals surface area contributed by atoms with Crippen LogP contribution in [0.3, 0.4) is 0 Å². The maximum Gasteiger partial charge on any atom is 0.356 e. The molecule has 0 saturated carbocycles. The Kier molecular flexibility index (Phi) is 18.1. The number of hydrogen-bond donors (Lipinski definition) is 3. The van der Waals surface area contributed by atoms with Crippen LogP contribution in [0.2, 0.25) is 0 Å². The summed E-state index contributed by atoms with van der Waals surface area (Å²) in [6, 6.07) is -0.294. The van der Waals surface area contributed by atoms with Crippen LogP contribution < -0.4 is 5.32 Å². The molecule has 0 rings (SSSR count). The lowest BCUT2D eigenvalue weighted by Gasteiger charge is -2.22. The normalized spacial score (nSPS) is 15.6. The molecule has 1 amide bonds. The van der Waals surface area contributed by atoms with Crippen molar-refractivity contribution in [1.29, 1.82) is 0 Å². The van der Waals surface area contributed by atoms with E-state index in [-0.39, 0.29) is 18.6 Å². The van der Waals surface area contributed by atoms with Gasteiger partial charge in [0.25, 0.3) is 0 Å². The molecule has 0 saturated heterocycles. The second kappa shape index (κ2) is 18.4. The summed E-state index contributed by atoms with van der Waals surface area (Å²) in [4.78, 5) is 21.9. The Labute approximate surface area is 178 Å². The van der Waals surface area contributed by atoms with Crippen LogP contribution in [-0.2, 0) is 13.9 Å². The lowest BCUT2D eigenvalue weighted by Crippen LogP contribution is -2.38. The molecule has 0 aromatic rings. The van der Waals surface area contributed by atoms with Gasteiger partial charge in [0, 0.05) is 6.42 Å². The summed E-state index contributed by atoms with van der Waals surface area (Å²) < 4.78 is 16.9. The molecule has 6 nitrogen and oxygen atoms in total. The van der Waals surface area contributed by atoms with Crippen molar-refractivity contribution in [1.82, 2.24) is 5.32 Å². The average molecular weight is 436 g/mol. The van der Waals surface area contributed by atoms with Crippen LogP contribution in [0.25, 0.3) is 0 Å². The smallest absolute Gasteiger partial charge is 0.356 e. The highest BCUT2D eigenvalue weighted by atomic mass is 31.2. The molecule has 174 valence electrons. The molecule has 0 aliphatic carbocycles. The van der Waals surface area contributed by atoms with E-state index in [1.807, 2.05) is 0 Å². The second-order valence-corrected chi connectivity index (χ2v) is 10.3. The zero-order chi connectivity index (χ0) is 22.0. The molecule has 0 fully saturated rings. The Morgan fingerprint density at radius 3 is 1.90 bits per heavy atom. The molecule has 0 aliphatic heterocycles. The molecule has 0 radical (unpaired) electrons. The summed E-state index contributed by atoms with van der Waals surface area (Å²) >= 11 is 0. The Hall–Kier alpha value is -0.420. The van der Waals surface area contributed by atoms with E-state index >= 15 is 0 Å². The molecule has 0 aromatic carbocycles. The highest BCUT2D eigenvalue weighted by Gasteiger charge is 2.28. The van der Waals surface area contributed by atoms with Crippen LogP contribution in [0.4, 0.5) is 0 Å². The van der Waals surface area contributed by atoms with Crippen molar-refractivity contribution < 1.29 is 23.9 Å². The third kappa shape index (κ3) is 17.0. The van der Waals surface area contributed by atoms with Crippen LogP contribution in [0, 0.1) is 0 Å². The molecule has 0 spiro atoms. The molecular formula is C22H46NO5P. The van der Waals surface area contributed by atoms with Gasteiger partial charge in [-0.1, -0.05) is 90.9 Å². The second-order valence-electron chi connectivity index (χ2n) is 8.18. The van der Waals surface area contributed by atoms with Crippen LogP contribution in [0.15, 0.2) is 0 Å². The number of rotatable bonds is 20. The summed E-state index contributed by atoms with van der Waals surface area (Å²) in [6.45, 7) is 5.55. The summed E-state index contributed by atoms with van der Waals surface area (Å²) in [6.07, 6.45) is 16.3. The number of unbranched alkanes of at least 4 members (excludes halogenated alkanes) is 11. The molecule has 3 unspecified atom stereocenters. The Morgan fingerprint density at radius 1 is 0.897 bits per heavy atom. The van der Waals surface area contributed by atoms with Gasteiger partial charge in [-0.2, -0.15) is 0 Å². The molecule has 0 aliphatic rings. The molecule has 0 bridgehead atoms. The first-order valence-corrected chi connectivity index (χ1v) is 13.4. The number of aliphatic hydroxyl groups excluding tert-OH is 1. The monoisotopic (exact) mass is 435 g/mol. The number of aliphatic hydroxyl groups is 1. The Morgan fingerprint density at radius 2 is 1.38 bits per heavy atom. The van der Waals surface area contributed by atoms with Gasteiger partial charge >= 0.3 is 7.60 Å². The summed E-state index contributed by atoms with van der Waals surface area (Å²) in [5.74, 6) is -1.46. The number of carbonyl (C=O) groups excluding carboxylic acids is 1. The minimum atomic E-state index is -4.05. The zero-order valence-electron chi connectivity index (χ0n) is 19.0. The summed E-state index contributed by atoms with van der Waals surface area (Å²) in [5.41, 5.74) is 0. The Bertz CT molecular complexity index is 445. The van der Waals surface area contributed by atoms with Crippen molar-refractivity contribution in [2.45, 2.75) is 129 Å². The van der Waals surface area contributed by atoms with Crippen molar-refractivity contribution in [3.05, 3.63) is 0 Å². The fraction of sp³-hybridized carbons (Fsp3) is 0.955. The van der Waals surface area contributed by atoms with Crippen molar-refractivity contribution in [3.8, 4) is 0 Å². The Balaban J connectivity index is 4.12. The first kappa shape index (κ1) is 28.6. The highest BCUT2D eigenvalue weighted by molar-refractivity contribution is 7.53. The van der Waals surface area contributed by atoms with Gasteiger partial charge in [0.1, 0.15) is 0 Å². The lowest BCUT2D eigenvalue weighted by molar-refractivity contribution is -0.122.